The Bertz CT molecular complexity index is 1680. The van der Waals surface area contributed by atoms with Crippen molar-refractivity contribution in [3.05, 3.63) is 119 Å². The maximum atomic E-state index is 14.7. The van der Waals surface area contributed by atoms with E-state index in [1.807, 2.05) is 48.5 Å². The zero-order valence-electron chi connectivity index (χ0n) is 20.1. The number of fused-ring (bicyclic) bond motifs is 4. The van der Waals surface area contributed by atoms with E-state index in [1.54, 1.807) is 59.5 Å². The van der Waals surface area contributed by atoms with E-state index in [1.165, 1.54) is 4.90 Å². The van der Waals surface area contributed by atoms with E-state index in [2.05, 4.69) is 0 Å². The zero-order valence-corrected chi connectivity index (χ0v) is 20.8. The van der Waals surface area contributed by atoms with Gasteiger partial charge in [-0.05, 0) is 41.8 Å². The largest absolute Gasteiger partial charge is 0.468 e. The minimum absolute atomic E-state index is 0.196. The van der Waals surface area contributed by atoms with Crippen molar-refractivity contribution in [3.8, 4) is 5.75 Å². The van der Waals surface area contributed by atoms with E-state index >= 15 is 0 Å². The van der Waals surface area contributed by atoms with Gasteiger partial charge in [0.1, 0.15) is 11.7 Å². The SMILES string of the molecule is O=C1c2cc(Cl)ccc2OC2C1C1(C=CCN1C(=O)c1ccccc1)C(=O)N2c1cccc2ccccc12. The van der Waals surface area contributed by atoms with Gasteiger partial charge in [-0.25, -0.2) is 0 Å². The molecular weight excluding hydrogens is 500 g/mol. The number of carbonyl (C=O) groups excluding carboxylic acids is 3. The molecule has 1 fully saturated rings. The van der Waals surface area contributed by atoms with Gasteiger partial charge in [-0.1, -0.05) is 78.4 Å². The summed E-state index contributed by atoms with van der Waals surface area (Å²) in [7, 11) is 0. The first-order valence-electron chi connectivity index (χ1n) is 12.4. The molecule has 1 spiro atoms. The van der Waals surface area contributed by atoms with E-state index in [4.69, 9.17) is 16.3 Å². The fraction of sp³-hybridized carbons (Fsp3) is 0.129. The molecule has 7 heteroatoms. The predicted octanol–water partition coefficient (Wildman–Crippen LogP) is 5.51. The van der Waals surface area contributed by atoms with E-state index < -0.39 is 17.7 Å². The molecule has 7 rings (SSSR count). The molecule has 3 atom stereocenters. The Morgan fingerprint density at radius 2 is 1.68 bits per heavy atom. The highest BCUT2D eigenvalue weighted by Crippen LogP contribution is 2.51. The Hall–Kier alpha value is -4.42. The zero-order chi connectivity index (χ0) is 26.0. The first-order chi connectivity index (χ1) is 18.5. The molecule has 3 heterocycles. The molecule has 6 nitrogen and oxygen atoms in total. The summed E-state index contributed by atoms with van der Waals surface area (Å²) in [5.41, 5.74) is -0.183. The molecule has 4 aromatic carbocycles. The van der Waals surface area contributed by atoms with Crippen molar-refractivity contribution in [2.24, 2.45) is 5.92 Å². The molecule has 2 amide bonds. The van der Waals surface area contributed by atoms with Crippen molar-refractivity contribution in [1.29, 1.82) is 0 Å². The van der Waals surface area contributed by atoms with Crippen LogP contribution >= 0.6 is 11.6 Å². The Morgan fingerprint density at radius 1 is 0.921 bits per heavy atom. The summed E-state index contributed by atoms with van der Waals surface area (Å²) in [6.07, 6.45) is 2.53. The Balaban J connectivity index is 1.46. The van der Waals surface area contributed by atoms with Crippen LogP contribution in [0.1, 0.15) is 20.7 Å². The molecule has 0 aromatic heterocycles. The monoisotopic (exact) mass is 520 g/mol. The summed E-state index contributed by atoms with van der Waals surface area (Å²) in [5, 5.41) is 2.19. The molecule has 38 heavy (non-hydrogen) atoms. The molecule has 0 aliphatic carbocycles. The molecular formula is C31H21ClN2O4. The van der Waals surface area contributed by atoms with Gasteiger partial charge in [0.2, 0.25) is 0 Å². The van der Waals surface area contributed by atoms with Gasteiger partial charge >= 0.3 is 0 Å². The Morgan fingerprint density at radius 3 is 2.53 bits per heavy atom. The van der Waals surface area contributed by atoms with Gasteiger partial charge in [-0.3, -0.25) is 19.3 Å². The lowest BCUT2D eigenvalue weighted by Crippen LogP contribution is -2.58. The third-order valence-electron chi connectivity index (χ3n) is 7.71. The molecule has 0 radical (unpaired) electrons. The second-order valence-electron chi connectivity index (χ2n) is 9.67. The van der Waals surface area contributed by atoms with Crippen LogP contribution in [-0.2, 0) is 4.79 Å². The van der Waals surface area contributed by atoms with E-state index in [0.717, 1.165) is 10.8 Å². The lowest BCUT2D eigenvalue weighted by Gasteiger charge is -2.38. The van der Waals surface area contributed by atoms with Crippen LogP contribution in [-0.4, -0.2) is 40.8 Å². The van der Waals surface area contributed by atoms with E-state index in [0.29, 0.717) is 27.6 Å². The number of ketones is 1. The van der Waals surface area contributed by atoms with Crippen molar-refractivity contribution in [2.45, 2.75) is 11.8 Å². The van der Waals surface area contributed by atoms with Gasteiger partial charge in [-0.2, -0.15) is 0 Å². The number of Topliss-reactive ketones (excluding diaryl/α,β-unsaturated/α-hetero) is 1. The number of halogens is 1. The van der Waals surface area contributed by atoms with Crippen LogP contribution in [0, 0.1) is 5.92 Å². The summed E-state index contributed by atoms with van der Waals surface area (Å²) >= 11 is 6.25. The average molecular weight is 521 g/mol. The van der Waals surface area contributed by atoms with Crippen molar-refractivity contribution >= 4 is 45.7 Å². The summed E-state index contributed by atoms with van der Waals surface area (Å²) < 4.78 is 6.44. The quantitative estimate of drug-likeness (QED) is 0.327. The third kappa shape index (κ3) is 3.04. The van der Waals surface area contributed by atoms with Crippen LogP contribution in [0.3, 0.4) is 0 Å². The average Bonchev–Trinajstić information content (AvgIpc) is 3.49. The summed E-state index contributed by atoms with van der Waals surface area (Å²) in [5.74, 6) is -1.63. The fourth-order valence-corrected chi connectivity index (χ4v) is 6.21. The molecule has 1 saturated heterocycles. The van der Waals surface area contributed by atoms with Gasteiger partial charge in [0.15, 0.2) is 17.6 Å². The first-order valence-corrected chi connectivity index (χ1v) is 12.7. The summed E-state index contributed by atoms with van der Waals surface area (Å²) in [4.78, 5) is 45.8. The topological polar surface area (TPSA) is 66.9 Å². The van der Waals surface area contributed by atoms with Crippen LogP contribution in [0.4, 0.5) is 5.69 Å². The van der Waals surface area contributed by atoms with Crippen LogP contribution in [0.15, 0.2) is 103 Å². The molecule has 3 aliphatic heterocycles. The minimum Gasteiger partial charge on any atom is -0.468 e. The van der Waals surface area contributed by atoms with Crippen LogP contribution in [0.2, 0.25) is 5.02 Å². The van der Waals surface area contributed by atoms with Crippen LogP contribution in [0.5, 0.6) is 5.75 Å². The molecule has 3 unspecified atom stereocenters. The number of amides is 2. The van der Waals surface area contributed by atoms with Gasteiger partial charge in [0.25, 0.3) is 11.8 Å². The number of hydrogen-bond donors (Lipinski definition) is 0. The van der Waals surface area contributed by atoms with Gasteiger partial charge < -0.3 is 9.64 Å². The minimum atomic E-state index is -1.55. The van der Waals surface area contributed by atoms with E-state index in [-0.39, 0.29) is 24.1 Å². The number of anilines is 1. The maximum Gasteiger partial charge on any atom is 0.261 e. The number of rotatable bonds is 2. The van der Waals surface area contributed by atoms with Gasteiger partial charge in [0.05, 0.1) is 11.3 Å². The van der Waals surface area contributed by atoms with Crippen molar-refractivity contribution in [2.75, 3.05) is 11.4 Å². The number of hydrogen-bond acceptors (Lipinski definition) is 4. The summed E-state index contributed by atoms with van der Waals surface area (Å²) in [6, 6.07) is 27.1. The normalized spacial score (nSPS) is 23.6. The van der Waals surface area contributed by atoms with Gasteiger partial charge in [0, 0.05) is 22.5 Å². The van der Waals surface area contributed by atoms with Crippen molar-refractivity contribution in [3.63, 3.8) is 0 Å². The van der Waals surface area contributed by atoms with Gasteiger partial charge in [-0.15, -0.1) is 0 Å². The highest BCUT2D eigenvalue weighted by molar-refractivity contribution is 6.31. The first kappa shape index (κ1) is 22.8. The third-order valence-corrected chi connectivity index (χ3v) is 7.95. The summed E-state index contributed by atoms with van der Waals surface area (Å²) in [6.45, 7) is 0.196. The molecule has 0 bridgehead atoms. The molecule has 186 valence electrons. The second kappa shape index (κ2) is 8.30. The number of benzene rings is 4. The van der Waals surface area contributed by atoms with Crippen LogP contribution in [0.25, 0.3) is 10.8 Å². The maximum absolute atomic E-state index is 14.7. The standard InChI is InChI=1S/C31H21ClN2O4/c32-21-14-15-25-23(18-21)27(35)26-29(38-25)34(24-13-6-11-19-8-4-5-12-22(19)24)30(37)31(26)16-7-17-33(31)28(36)20-9-2-1-3-10-20/h1-16,18,26,29H,17H2. The van der Waals surface area contributed by atoms with Crippen molar-refractivity contribution in [1.82, 2.24) is 4.90 Å². The smallest absolute Gasteiger partial charge is 0.261 e. The second-order valence-corrected chi connectivity index (χ2v) is 10.1. The predicted molar refractivity (Wildman–Crippen MR) is 144 cm³/mol. The fourth-order valence-electron chi connectivity index (χ4n) is 6.04. The Labute approximate surface area is 223 Å². The molecule has 4 aromatic rings. The molecule has 0 saturated carbocycles. The van der Waals surface area contributed by atoms with Crippen molar-refractivity contribution < 1.29 is 19.1 Å². The molecule has 0 N–H and O–H groups in total. The lowest BCUT2D eigenvalue weighted by molar-refractivity contribution is -0.124. The number of carbonyl (C=O) groups is 3. The Kier molecular flexibility index (Phi) is 4.97. The number of ether oxygens (including phenoxy) is 1. The lowest BCUT2D eigenvalue weighted by atomic mass is 9.78. The van der Waals surface area contributed by atoms with E-state index in [9.17, 15) is 14.4 Å². The molecule has 3 aliphatic rings. The highest BCUT2D eigenvalue weighted by Gasteiger charge is 2.68. The highest BCUT2D eigenvalue weighted by atomic mass is 35.5. The van der Waals surface area contributed by atoms with Crippen LogP contribution < -0.4 is 9.64 Å². The number of nitrogens with zero attached hydrogens (tertiary/aromatic N) is 2.